The van der Waals surface area contributed by atoms with Gasteiger partial charge in [-0.2, -0.15) is 0 Å². The lowest BCUT2D eigenvalue weighted by Crippen LogP contribution is -2.29. The van der Waals surface area contributed by atoms with Crippen LogP contribution in [0.25, 0.3) is 10.8 Å². The molecule has 1 saturated heterocycles. The summed E-state index contributed by atoms with van der Waals surface area (Å²) >= 11 is 0. The van der Waals surface area contributed by atoms with E-state index in [1.807, 2.05) is 30.3 Å². The molecule has 3 heteroatoms. The van der Waals surface area contributed by atoms with Crippen LogP contribution in [-0.4, -0.2) is 30.4 Å². The van der Waals surface area contributed by atoms with E-state index in [1.54, 1.807) is 0 Å². The molecule has 0 amide bonds. The van der Waals surface area contributed by atoms with Crippen molar-refractivity contribution in [1.29, 1.82) is 0 Å². The van der Waals surface area contributed by atoms with Gasteiger partial charge in [-0.05, 0) is 11.5 Å². The van der Waals surface area contributed by atoms with E-state index in [0.29, 0.717) is 13.1 Å². The summed E-state index contributed by atoms with van der Waals surface area (Å²) in [6, 6.07) is 14.1. The van der Waals surface area contributed by atoms with Gasteiger partial charge in [0, 0.05) is 18.5 Å². The molecule has 1 aliphatic heterocycles. The van der Waals surface area contributed by atoms with Crippen molar-refractivity contribution >= 4 is 10.8 Å². The summed E-state index contributed by atoms with van der Waals surface area (Å²) in [5.74, 6) is 0.843. The maximum absolute atomic E-state index is 9.73. The number of hydrogen-bond donors (Lipinski definition) is 2. The minimum Gasteiger partial charge on any atom is -0.486 e. The molecule has 1 aliphatic rings. The number of ether oxygens (including phenoxy) is 1. The zero-order valence-corrected chi connectivity index (χ0v) is 9.47. The zero-order valence-electron chi connectivity index (χ0n) is 9.47. The first-order valence-electron chi connectivity index (χ1n) is 5.88. The zero-order chi connectivity index (χ0) is 11.7. The van der Waals surface area contributed by atoms with Crippen molar-refractivity contribution in [3.63, 3.8) is 0 Å². The van der Waals surface area contributed by atoms with E-state index in [2.05, 4.69) is 17.4 Å². The summed E-state index contributed by atoms with van der Waals surface area (Å²) in [5.41, 5.74) is 0. The minimum absolute atomic E-state index is 0.152. The van der Waals surface area contributed by atoms with Crippen molar-refractivity contribution in [2.24, 2.45) is 0 Å². The highest BCUT2D eigenvalue weighted by atomic mass is 16.5. The second-order valence-corrected chi connectivity index (χ2v) is 4.36. The lowest BCUT2D eigenvalue weighted by Gasteiger charge is -2.17. The number of β-amino-alcohol motifs (C(OH)–C–C–N with tert-alkyl or cyclic N) is 1. The standard InChI is InChI=1S/C14H15NO2/c16-12-8-15-9-14(12)17-13-7-3-5-10-4-1-2-6-11(10)13/h1-7,12,14-16H,8-9H2. The lowest BCUT2D eigenvalue weighted by atomic mass is 10.1. The highest BCUT2D eigenvalue weighted by Gasteiger charge is 2.26. The highest BCUT2D eigenvalue weighted by molar-refractivity contribution is 5.88. The van der Waals surface area contributed by atoms with E-state index in [9.17, 15) is 5.11 Å². The van der Waals surface area contributed by atoms with Crippen LogP contribution in [-0.2, 0) is 0 Å². The molecule has 17 heavy (non-hydrogen) atoms. The SMILES string of the molecule is OC1CNCC1Oc1cccc2ccccc12. The van der Waals surface area contributed by atoms with Gasteiger partial charge in [0.25, 0.3) is 0 Å². The number of rotatable bonds is 2. The van der Waals surface area contributed by atoms with Gasteiger partial charge in [0.2, 0.25) is 0 Å². The van der Waals surface area contributed by atoms with Crippen LogP contribution in [0.3, 0.4) is 0 Å². The van der Waals surface area contributed by atoms with Crippen LogP contribution in [0.15, 0.2) is 42.5 Å². The number of nitrogens with one attached hydrogen (secondary N) is 1. The third-order valence-electron chi connectivity index (χ3n) is 3.16. The van der Waals surface area contributed by atoms with Crippen molar-refractivity contribution in [2.45, 2.75) is 12.2 Å². The normalized spacial score (nSPS) is 24.1. The number of aliphatic hydroxyl groups is 1. The van der Waals surface area contributed by atoms with Crippen LogP contribution >= 0.6 is 0 Å². The van der Waals surface area contributed by atoms with Crippen molar-refractivity contribution in [2.75, 3.05) is 13.1 Å². The Labute approximate surface area is 100 Å². The van der Waals surface area contributed by atoms with Crippen molar-refractivity contribution < 1.29 is 9.84 Å². The van der Waals surface area contributed by atoms with E-state index in [-0.39, 0.29) is 6.10 Å². The van der Waals surface area contributed by atoms with Gasteiger partial charge in [-0.15, -0.1) is 0 Å². The fourth-order valence-electron chi connectivity index (χ4n) is 2.22. The Morgan fingerprint density at radius 3 is 2.71 bits per heavy atom. The van der Waals surface area contributed by atoms with Gasteiger partial charge in [0.1, 0.15) is 18.0 Å². The molecule has 1 fully saturated rings. The van der Waals surface area contributed by atoms with Crippen LogP contribution in [0, 0.1) is 0 Å². The molecule has 1 heterocycles. The van der Waals surface area contributed by atoms with E-state index in [4.69, 9.17) is 4.74 Å². The topological polar surface area (TPSA) is 41.5 Å². The monoisotopic (exact) mass is 229 g/mol. The molecule has 2 aromatic carbocycles. The van der Waals surface area contributed by atoms with Crippen LogP contribution in [0.4, 0.5) is 0 Å². The van der Waals surface area contributed by atoms with Gasteiger partial charge in [-0.25, -0.2) is 0 Å². The van der Waals surface area contributed by atoms with Crippen LogP contribution < -0.4 is 10.1 Å². The third kappa shape index (κ3) is 1.99. The van der Waals surface area contributed by atoms with Gasteiger partial charge in [0.15, 0.2) is 0 Å². The highest BCUT2D eigenvalue weighted by Crippen LogP contribution is 2.26. The molecule has 3 nitrogen and oxygen atoms in total. The molecule has 0 radical (unpaired) electrons. The Kier molecular flexibility index (Phi) is 2.71. The first-order chi connectivity index (χ1) is 8.34. The maximum atomic E-state index is 9.73. The maximum Gasteiger partial charge on any atom is 0.138 e. The van der Waals surface area contributed by atoms with E-state index >= 15 is 0 Å². The summed E-state index contributed by atoms with van der Waals surface area (Å²) in [7, 11) is 0. The molecule has 3 rings (SSSR count). The predicted octanol–water partition coefficient (Wildman–Crippen LogP) is 1.55. The molecule has 0 aromatic heterocycles. The molecule has 2 N–H and O–H groups in total. The third-order valence-corrected chi connectivity index (χ3v) is 3.16. The van der Waals surface area contributed by atoms with Crippen LogP contribution in [0.1, 0.15) is 0 Å². The van der Waals surface area contributed by atoms with E-state index < -0.39 is 6.10 Å². The van der Waals surface area contributed by atoms with Crippen molar-refractivity contribution in [3.05, 3.63) is 42.5 Å². The molecule has 0 saturated carbocycles. The largest absolute Gasteiger partial charge is 0.486 e. The lowest BCUT2D eigenvalue weighted by molar-refractivity contribution is 0.0748. The number of hydrogen-bond acceptors (Lipinski definition) is 3. The molecule has 2 atom stereocenters. The van der Waals surface area contributed by atoms with E-state index in [0.717, 1.165) is 16.5 Å². The van der Waals surface area contributed by atoms with Crippen LogP contribution in [0.2, 0.25) is 0 Å². The Hall–Kier alpha value is -1.58. The molecule has 0 aliphatic carbocycles. The smallest absolute Gasteiger partial charge is 0.138 e. The average molecular weight is 229 g/mol. The molecule has 2 aromatic rings. The minimum atomic E-state index is -0.422. The molecule has 0 spiro atoms. The second kappa shape index (κ2) is 4.35. The fourth-order valence-corrected chi connectivity index (χ4v) is 2.22. The van der Waals surface area contributed by atoms with Crippen molar-refractivity contribution in [1.82, 2.24) is 5.32 Å². The van der Waals surface area contributed by atoms with Crippen LogP contribution in [0.5, 0.6) is 5.75 Å². The second-order valence-electron chi connectivity index (χ2n) is 4.36. The Morgan fingerprint density at radius 1 is 1.06 bits per heavy atom. The summed E-state index contributed by atoms with van der Waals surface area (Å²) in [4.78, 5) is 0. The van der Waals surface area contributed by atoms with Gasteiger partial charge in [-0.3, -0.25) is 0 Å². The first-order valence-corrected chi connectivity index (χ1v) is 5.88. The summed E-state index contributed by atoms with van der Waals surface area (Å²) < 4.78 is 5.89. The molecular weight excluding hydrogens is 214 g/mol. The summed E-state index contributed by atoms with van der Waals surface area (Å²) in [5, 5.41) is 15.1. The van der Waals surface area contributed by atoms with Gasteiger partial charge >= 0.3 is 0 Å². The molecular formula is C14H15NO2. The molecule has 88 valence electrons. The van der Waals surface area contributed by atoms with Gasteiger partial charge in [0.05, 0.1) is 0 Å². The average Bonchev–Trinajstić information content (AvgIpc) is 2.76. The van der Waals surface area contributed by atoms with E-state index in [1.165, 1.54) is 0 Å². The Bertz CT molecular complexity index is 521. The summed E-state index contributed by atoms with van der Waals surface area (Å²) in [6.07, 6.45) is -0.574. The number of aliphatic hydroxyl groups excluding tert-OH is 1. The predicted molar refractivity (Wildman–Crippen MR) is 67.2 cm³/mol. The Balaban J connectivity index is 1.94. The number of benzene rings is 2. The molecule has 0 bridgehead atoms. The first kappa shape index (κ1) is 10.6. The molecule has 2 unspecified atom stereocenters. The number of fused-ring (bicyclic) bond motifs is 1. The fraction of sp³-hybridized carbons (Fsp3) is 0.286. The quantitative estimate of drug-likeness (QED) is 0.821. The van der Waals surface area contributed by atoms with Crippen molar-refractivity contribution in [3.8, 4) is 5.75 Å². The van der Waals surface area contributed by atoms with Gasteiger partial charge in [-0.1, -0.05) is 36.4 Å². The van der Waals surface area contributed by atoms with Gasteiger partial charge < -0.3 is 15.2 Å². The summed E-state index contributed by atoms with van der Waals surface area (Å²) in [6.45, 7) is 1.31. The Morgan fingerprint density at radius 2 is 1.88 bits per heavy atom.